The van der Waals surface area contributed by atoms with Gasteiger partial charge in [0, 0.05) is 61.8 Å². The number of amides is 1. The van der Waals surface area contributed by atoms with Gasteiger partial charge in [0.1, 0.15) is 0 Å². The molecule has 2 aromatic carbocycles. The van der Waals surface area contributed by atoms with Crippen LogP contribution in [-0.4, -0.2) is 48.0 Å². The molecule has 5 nitrogen and oxygen atoms in total. The first-order valence-corrected chi connectivity index (χ1v) is 10.1. The zero-order valence-corrected chi connectivity index (χ0v) is 17.0. The Morgan fingerprint density at radius 2 is 1.79 bits per heavy atom. The summed E-state index contributed by atoms with van der Waals surface area (Å²) in [4.78, 5) is 26.3. The third kappa shape index (κ3) is 4.29. The van der Waals surface area contributed by atoms with Crippen molar-refractivity contribution in [2.75, 3.05) is 32.1 Å². The van der Waals surface area contributed by atoms with E-state index in [4.69, 9.17) is 4.98 Å². The largest absolute Gasteiger partial charge is 0.378 e. The number of hydrogen-bond acceptors (Lipinski definition) is 4. The van der Waals surface area contributed by atoms with Crippen molar-refractivity contribution in [3.05, 3.63) is 78.1 Å². The maximum atomic E-state index is 13.0. The number of anilines is 1. The number of hydrogen-bond donors (Lipinski definition) is 0. The number of nitrogens with zero attached hydrogens (tertiary/aromatic N) is 4. The minimum absolute atomic E-state index is 0.0948. The highest BCUT2D eigenvalue weighted by Crippen LogP contribution is 2.28. The van der Waals surface area contributed by atoms with Crippen LogP contribution in [0.1, 0.15) is 34.8 Å². The predicted octanol–water partition coefficient (Wildman–Crippen LogP) is 4.23. The second-order valence-electron chi connectivity index (χ2n) is 7.70. The number of benzene rings is 2. The number of aromatic nitrogens is 2. The van der Waals surface area contributed by atoms with E-state index < -0.39 is 0 Å². The Bertz CT molecular complexity index is 970. The van der Waals surface area contributed by atoms with E-state index in [0.29, 0.717) is 6.54 Å². The Kier molecular flexibility index (Phi) is 5.56. The second-order valence-corrected chi connectivity index (χ2v) is 7.70. The van der Waals surface area contributed by atoms with Gasteiger partial charge in [-0.15, -0.1) is 0 Å². The summed E-state index contributed by atoms with van der Waals surface area (Å²) in [7, 11) is 3.99. The number of likely N-dealkylation sites (tertiary alicyclic amines) is 1. The molecule has 0 N–H and O–H groups in total. The molecule has 2 heterocycles. The van der Waals surface area contributed by atoms with Crippen LogP contribution in [0.25, 0.3) is 11.4 Å². The molecule has 1 atom stereocenters. The first-order chi connectivity index (χ1) is 14.1. The van der Waals surface area contributed by atoms with E-state index in [1.54, 1.807) is 0 Å². The lowest BCUT2D eigenvalue weighted by Crippen LogP contribution is -2.39. The summed E-state index contributed by atoms with van der Waals surface area (Å²) in [6.07, 6.45) is 3.84. The molecule has 3 aromatic rings. The molecule has 0 bridgehead atoms. The van der Waals surface area contributed by atoms with Gasteiger partial charge in [-0.2, -0.15) is 0 Å². The fourth-order valence-electron chi connectivity index (χ4n) is 3.81. The molecule has 1 saturated heterocycles. The molecular weight excluding hydrogens is 360 g/mol. The summed E-state index contributed by atoms with van der Waals surface area (Å²) in [6.45, 7) is 1.49. The van der Waals surface area contributed by atoms with Crippen LogP contribution < -0.4 is 4.90 Å². The Morgan fingerprint density at radius 3 is 2.52 bits per heavy atom. The first kappa shape index (κ1) is 19.1. The second kappa shape index (κ2) is 8.43. The summed E-state index contributed by atoms with van der Waals surface area (Å²) in [6, 6.07) is 19.8. The van der Waals surface area contributed by atoms with Crippen molar-refractivity contribution < 1.29 is 4.79 Å². The fraction of sp³-hybridized carbons (Fsp3) is 0.292. The monoisotopic (exact) mass is 386 g/mol. The van der Waals surface area contributed by atoms with Crippen LogP contribution in [0, 0.1) is 0 Å². The van der Waals surface area contributed by atoms with E-state index in [-0.39, 0.29) is 11.8 Å². The average molecular weight is 386 g/mol. The first-order valence-electron chi connectivity index (χ1n) is 10.1. The maximum absolute atomic E-state index is 13.0. The van der Waals surface area contributed by atoms with Gasteiger partial charge in [-0.25, -0.2) is 9.97 Å². The molecule has 1 aliphatic rings. The number of carbonyl (C=O) groups is 1. The van der Waals surface area contributed by atoms with Crippen LogP contribution in [0.15, 0.2) is 66.9 Å². The molecule has 4 rings (SSSR count). The van der Waals surface area contributed by atoms with Gasteiger partial charge in [0.25, 0.3) is 5.91 Å². The normalized spacial score (nSPS) is 16.5. The molecule has 0 aliphatic carbocycles. The van der Waals surface area contributed by atoms with Crippen molar-refractivity contribution in [1.29, 1.82) is 0 Å². The average Bonchev–Trinajstić information content (AvgIpc) is 2.79. The predicted molar refractivity (Wildman–Crippen MR) is 116 cm³/mol. The maximum Gasteiger partial charge on any atom is 0.253 e. The van der Waals surface area contributed by atoms with Gasteiger partial charge in [0.05, 0.1) is 0 Å². The molecule has 1 aliphatic heterocycles. The molecule has 0 unspecified atom stereocenters. The summed E-state index contributed by atoms with van der Waals surface area (Å²) in [5.74, 6) is 1.07. The van der Waals surface area contributed by atoms with Gasteiger partial charge < -0.3 is 9.80 Å². The molecule has 1 amide bonds. The minimum atomic E-state index is 0.0948. The van der Waals surface area contributed by atoms with Crippen molar-refractivity contribution in [3.8, 4) is 11.4 Å². The Balaban J connectivity index is 1.50. The third-order valence-corrected chi connectivity index (χ3v) is 5.47. The van der Waals surface area contributed by atoms with E-state index in [1.807, 2.05) is 90.8 Å². The van der Waals surface area contributed by atoms with Crippen molar-refractivity contribution in [3.63, 3.8) is 0 Å². The summed E-state index contributed by atoms with van der Waals surface area (Å²) in [5, 5.41) is 0. The van der Waals surface area contributed by atoms with Crippen LogP contribution in [0.5, 0.6) is 0 Å². The SMILES string of the molecule is CN(C)c1ccc(C(=O)N2CCC[C@H](c3ccnc(-c4ccccc4)n3)C2)cc1. The lowest BCUT2D eigenvalue weighted by atomic mass is 9.94. The number of carbonyl (C=O) groups excluding carboxylic acids is 1. The quantitative estimate of drug-likeness (QED) is 0.673. The van der Waals surface area contributed by atoms with Gasteiger partial charge >= 0.3 is 0 Å². The Morgan fingerprint density at radius 1 is 1.03 bits per heavy atom. The molecule has 148 valence electrons. The topological polar surface area (TPSA) is 49.3 Å². The number of rotatable bonds is 4. The van der Waals surface area contributed by atoms with E-state index >= 15 is 0 Å². The molecule has 1 fully saturated rings. The van der Waals surface area contributed by atoms with Gasteiger partial charge in [0.2, 0.25) is 0 Å². The van der Waals surface area contributed by atoms with E-state index in [1.165, 1.54) is 0 Å². The highest BCUT2D eigenvalue weighted by Gasteiger charge is 2.26. The van der Waals surface area contributed by atoms with Crippen molar-refractivity contribution in [2.45, 2.75) is 18.8 Å². The molecular formula is C24H26N4O. The van der Waals surface area contributed by atoms with Crippen molar-refractivity contribution in [2.24, 2.45) is 0 Å². The molecule has 0 saturated carbocycles. The van der Waals surface area contributed by atoms with E-state index in [9.17, 15) is 4.79 Å². The minimum Gasteiger partial charge on any atom is -0.378 e. The molecule has 0 spiro atoms. The highest BCUT2D eigenvalue weighted by atomic mass is 16.2. The van der Waals surface area contributed by atoms with E-state index in [2.05, 4.69) is 4.98 Å². The Labute approximate surface area is 172 Å². The van der Waals surface area contributed by atoms with E-state index in [0.717, 1.165) is 47.7 Å². The molecule has 1 aromatic heterocycles. The smallest absolute Gasteiger partial charge is 0.253 e. The zero-order valence-electron chi connectivity index (χ0n) is 17.0. The molecule has 0 radical (unpaired) electrons. The van der Waals surface area contributed by atoms with Crippen LogP contribution in [0.4, 0.5) is 5.69 Å². The summed E-state index contributed by atoms with van der Waals surface area (Å²) < 4.78 is 0. The summed E-state index contributed by atoms with van der Waals surface area (Å²) >= 11 is 0. The van der Waals surface area contributed by atoms with Gasteiger partial charge in [-0.05, 0) is 43.2 Å². The Hall–Kier alpha value is -3.21. The molecule has 5 heteroatoms. The van der Waals surface area contributed by atoms with Crippen molar-refractivity contribution in [1.82, 2.24) is 14.9 Å². The van der Waals surface area contributed by atoms with Crippen LogP contribution >= 0.6 is 0 Å². The third-order valence-electron chi connectivity index (χ3n) is 5.47. The zero-order chi connectivity index (χ0) is 20.2. The highest BCUT2D eigenvalue weighted by molar-refractivity contribution is 5.94. The standard InChI is InChI=1S/C24H26N4O/c1-27(2)21-12-10-19(11-13-21)24(29)28-16-6-9-20(17-28)22-14-15-25-23(26-22)18-7-4-3-5-8-18/h3-5,7-8,10-15,20H,6,9,16-17H2,1-2H3/t20-/m0/s1. The van der Waals surface area contributed by atoms with Gasteiger partial charge in [0.15, 0.2) is 5.82 Å². The summed E-state index contributed by atoms with van der Waals surface area (Å²) in [5.41, 5.74) is 3.86. The lowest BCUT2D eigenvalue weighted by Gasteiger charge is -2.32. The van der Waals surface area contributed by atoms with Crippen LogP contribution in [-0.2, 0) is 0 Å². The fourth-order valence-corrected chi connectivity index (χ4v) is 3.81. The number of piperidine rings is 1. The van der Waals surface area contributed by atoms with Crippen molar-refractivity contribution >= 4 is 11.6 Å². The van der Waals surface area contributed by atoms with Crippen LogP contribution in [0.2, 0.25) is 0 Å². The van der Waals surface area contributed by atoms with Gasteiger partial charge in [-0.3, -0.25) is 4.79 Å². The van der Waals surface area contributed by atoms with Crippen LogP contribution in [0.3, 0.4) is 0 Å². The van der Waals surface area contributed by atoms with Gasteiger partial charge in [-0.1, -0.05) is 30.3 Å². The lowest BCUT2D eigenvalue weighted by molar-refractivity contribution is 0.0706. The molecule has 29 heavy (non-hydrogen) atoms.